The minimum absolute atomic E-state index is 0.223. The lowest BCUT2D eigenvalue weighted by Gasteiger charge is -2.20. The molecule has 0 saturated carbocycles. The SMILES string of the molecule is CCC(CC)OP(C)(=O)OS(=O)[O-]. The molecular weight excluding hydrogens is 215 g/mol. The van der Waals surface area contributed by atoms with Crippen LogP contribution in [0.4, 0.5) is 0 Å². The Morgan fingerprint density at radius 2 is 1.92 bits per heavy atom. The molecule has 2 atom stereocenters. The van der Waals surface area contributed by atoms with E-state index in [9.17, 15) is 13.3 Å². The predicted octanol–water partition coefficient (Wildman–Crippen LogP) is 1.83. The van der Waals surface area contributed by atoms with Gasteiger partial charge in [0.2, 0.25) is 0 Å². The Morgan fingerprint density at radius 1 is 1.46 bits per heavy atom. The van der Waals surface area contributed by atoms with Gasteiger partial charge in [-0.15, -0.1) is 0 Å². The lowest BCUT2D eigenvalue weighted by atomic mass is 10.2. The fraction of sp³-hybridized carbons (Fsp3) is 1.00. The zero-order chi connectivity index (χ0) is 10.5. The summed E-state index contributed by atoms with van der Waals surface area (Å²) in [5.41, 5.74) is 0. The van der Waals surface area contributed by atoms with Gasteiger partial charge in [0, 0.05) is 6.66 Å². The highest BCUT2D eigenvalue weighted by molar-refractivity contribution is 7.80. The molecule has 0 N–H and O–H groups in total. The van der Waals surface area contributed by atoms with Crippen LogP contribution in [0.1, 0.15) is 26.7 Å². The zero-order valence-corrected chi connectivity index (χ0v) is 9.60. The first-order chi connectivity index (χ1) is 5.91. The van der Waals surface area contributed by atoms with Gasteiger partial charge in [-0.1, -0.05) is 13.8 Å². The Bertz CT molecular complexity index is 215. The molecular formula is C6H14O5PS-. The van der Waals surface area contributed by atoms with Crippen molar-refractivity contribution >= 4 is 19.0 Å². The first kappa shape index (κ1) is 13.3. The van der Waals surface area contributed by atoms with E-state index in [2.05, 4.69) is 3.97 Å². The molecule has 2 unspecified atom stereocenters. The van der Waals surface area contributed by atoms with Crippen molar-refractivity contribution in [2.24, 2.45) is 0 Å². The number of hydrogen-bond donors (Lipinski definition) is 0. The lowest BCUT2D eigenvalue weighted by molar-refractivity contribution is 0.172. The van der Waals surface area contributed by atoms with Gasteiger partial charge in [-0.25, -0.2) is 8.18 Å². The molecule has 5 nitrogen and oxygen atoms in total. The zero-order valence-electron chi connectivity index (χ0n) is 7.89. The Kier molecular flexibility index (Phi) is 6.00. The summed E-state index contributed by atoms with van der Waals surface area (Å²) in [7, 11) is -3.45. The topological polar surface area (TPSA) is 75.7 Å². The fourth-order valence-corrected chi connectivity index (χ4v) is 2.70. The number of hydrogen-bond acceptors (Lipinski definition) is 5. The van der Waals surface area contributed by atoms with Crippen LogP contribution in [0, 0.1) is 0 Å². The van der Waals surface area contributed by atoms with Gasteiger partial charge in [-0.05, 0) is 12.8 Å². The smallest absolute Gasteiger partial charge is 0.340 e. The van der Waals surface area contributed by atoms with Crippen molar-refractivity contribution in [3.63, 3.8) is 0 Å². The van der Waals surface area contributed by atoms with Crippen LogP contribution in [0.25, 0.3) is 0 Å². The molecule has 0 aromatic heterocycles. The molecule has 80 valence electrons. The third kappa shape index (κ3) is 6.35. The largest absolute Gasteiger partial charge is 0.749 e. The molecule has 0 rings (SSSR count). The van der Waals surface area contributed by atoms with Crippen LogP contribution in [-0.4, -0.2) is 21.5 Å². The van der Waals surface area contributed by atoms with Gasteiger partial charge in [0.15, 0.2) is 0 Å². The van der Waals surface area contributed by atoms with E-state index in [1.807, 2.05) is 13.8 Å². The molecule has 0 aliphatic rings. The maximum absolute atomic E-state index is 11.3. The van der Waals surface area contributed by atoms with E-state index >= 15 is 0 Å². The second-order valence-corrected chi connectivity index (χ2v) is 5.35. The summed E-state index contributed by atoms with van der Waals surface area (Å²) in [6.07, 6.45) is 1.12. The van der Waals surface area contributed by atoms with Gasteiger partial charge in [-0.2, -0.15) is 0 Å². The minimum atomic E-state index is -3.45. The van der Waals surface area contributed by atoms with E-state index < -0.39 is 19.0 Å². The molecule has 0 aromatic carbocycles. The van der Waals surface area contributed by atoms with Crippen LogP contribution in [0.15, 0.2) is 0 Å². The monoisotopic (exact) mass is 229 g/mol. The predicted molar refractivity (Wildman–Crippen MR) is 49.0 cm³/mol. The highest BCUT2D eigenvalue weighted by Gasteiger charge is 2.21. The quantitative estimate of drug-likeness (QED) is 0.513. The highest BCUT2D eigenvalue weighted by Crippen LogP contribution is 2.46. The second-order valence-electron chi connectivity index (χ2n) is 2.59. The standard InChI is InChI=1S/C6H15O5PS/c1-4-6(5-2)10-12(3,7)11-13(8)9/h6H,4-5H2,1-3H3,(H,8,9)/p-1. The summed E-state index contributed by atoms with van der Waals surface area (Å²) in [5.74, 6) is 0. The maximum atomic E-state index is 11.3. The van der Waals surface area contributed by atoms with Crippen molar-refractivity contribution in [3.8, 4) is 0 Å². The van der Waals surface area contributed by atoms with Gasteiger partial charge >= 0.3 is 7.60 Å². The van der Waals surface area contributed by atoms with E-state index in [1.54, 1.807) is 0 Å². The minimum Gasteiger partial charge on any atom is -0.749 e. The van der Waals surface area contributed by atoms with Crippen molar-refractivity contribution < 1.29 is 21.8 Å². The van der Waals surface area contributed by atoms with Crippen molar-refractivity contribution in [3.05, 3.63) is 0 Å². The molecule has 0 bridgehead atoms. The second kappa shape index (κ2) is 5.88. The molecule has 0 aromatic rings. The molecule has 7 heteroatoms. The lowest BCUT2D eigenvalue weighted by Crippen LogP contribution is -2.09. The average molecular weight is 229 g/mol. The van der Waals surface area contributed by atoms with E-state index in [0.29, 0.717) is 12.8 Å². The first-order valence-corrected chi connectivity index (χ1v) is 6.95. The molecule has 0 heterocycles. The molecule has 0 spiro atoms. The maximum Gasteiger partial charge on any atom is 0.340 e. The van der Waals surface area contributed by atoms with E-state index in [1.165, 1.54) is 0 Å². The van der Waals surface area contributed by atoms with Crippen LogP contribution < -0.4 is 0 Å². The van der Waals surface area contributed by atoms with Gasteiger partial charge < -0.3 is 9.08 Å². The summed E-state index contributed by atoms with van der Waals surface area (Å²) >= 11 is -2.79. The third-order valence-electron chi connectivity index (χ3n) is 1.45. The van der Waals surface area contributed by atoms with E-state index in [4.69, 9.17) is 4.52 Å². The number of rotatable bonds is 6. The third-order valence-corrected chi connectivity index (χ3v) is 3.70. The Morgan fingerprint density at radius 3 is 2.23 bits per heavy atom. The molecule has 0 saturated heterocycles. The van der Waals surface area contributed by atoms with E-state index in [0.717, 1.165) is 6.66 Å². The van der Waals surface area contributed by atoms with Gasteiger partial charge in [0.05, 0.1) is 17.5 Å². The van der Waals surface area contributed by atoms with E-state index in [-0.39, 0.29) is 6.10 Å². The molecule has 13 heavy (non-hydrogen) atoms. The van der Waals surface area contributed by atoms with Gasteiger partial charge in [0.1, 0.15) is 0 Å². The summed E-state index contributed by atoms with van der Waals surface area (Å²) in [4.78, 5) is 0. The van der Waals surface area contributed by atoms with Gasteiger partial charge in [0.25, 0.3) is 0 Å². The Hall–Kier alpha value is 0.260. The summed E-state index contributed by atoms with van der Waals surface area (Å²) in [5, 5.41) is 0. The van der Waals surface area contributed by atoms with Crippen LogP contribution in [-0.2, 0) is 24.4 Å². The summed E-state index contributed by atoms with van der Waals surface area (Å²) in [6.45, 7) is 4.87. The Balaban J connectivity index is 4.14. The molecule has 0 aliphatic carbocycles. The normalized spacial score (nSPS) is 18.5. The van der Waals surface area contributed by atoms with Crippen molar-refractivity contribution in [2.45, 2.75) is 32.8 Å². The van der Waals surface area contributed by atoms with Crippen LogP contribution >= 0.6 is 7.60 Å². The molecule has 0 fully saturated rings. The van der Waals surface area contributed by atoms with Crippen molar-refractivity contribution in [1.29, 1.82) is 0 Å². The molecule has 0 radical (unpaired) electrons. The van der Waals surface area contributed by atoms with Crippen LogP contribution in [0.3, 0.4) is 0 Å². The highest BCUT2D eigenvalue weighted by atomic mass is 32.2. The summed E-state index contributed by atoms with van der Waals surface area (Å²) < 4.78 is 40.6. The Labute approximate surface area is 80.8 Å². The van der Waals surface area contributed by atoms with Crippen molar-refractivity contribution in [1.82, 2.24) is 0 Å². The average Bonchev–Trinajstić information content (AvgIpc) is 1.97. The van der Waals surface area contributed by atoms with Gasteiger partial charge in [-0.3, -0.25) is 4.57 Å². The summed E-state index contributed by atoms with van der Waals surface area (Å²) in [6, 6.07) is 0. The van der Waals surface area contributed by atoms with Crippen molar-refractivity contribution in [2.75, 3.05) is 6.66 Å². The first-order valence-electron chi connectivity index (χ1n) is 3.96. The van der Waals surface area contributed by atoms with Crippen LogP contribution in [0.2, 0.25) is 0 Å². The van der Waals surface area contributed by atoms with Crippen LogP contribution in [0.5, 0.6) is 0 Å². The molecule has 0 amide bonds. The molecule has 0 aliphatic heterocycles. The fourth-order valence-electron chi connectivity index (χ4n) is 0.837.